The van der Waals surface area contributed by atoms with Crippen LogP contribution in [-0.2, 0) is 6.42 Å². The zero-order valence-electron chi connectivity index (χ0n) is 12.2. The molecule has 0 aliphatic carbocycles. The van der Waals surface area contributed by atoms with Crippen LogP contribution < -0.4 is 10.1 Å². The Morgan fingerprint density at radius 2 is 2.00 bits per heavy atom. The van der Waals surface area contributed by atoms with E-state index in [1.165, 1.54) is 12.0 Å². The highest BCUT2D eigenvalue weighted by Crippen LogP contribution is 2.16. The van der Waals surface area contributed by atoms with Crippen molar-refractivity contribution in [3.8, 4) is 5.75 Å². The topological polar surface area (TPSA) is 21.3 Å². The van der Waals surface area contributed by atoms with Crippen LogP contribution in [0.1, 0.15) is 46.1 Å². The summed E-state index contributed by atoms with van der Waals surface area (Å²) >= 11 is 0. The predicted molar refractivity (Wildman–Crippen MR) is 78.3 cm³/mol. The lowest BCUT2D eigenvalue weighted by Crippen LogP contribution is -2.31. The number of hydrogen-bond donors (Lipinski definition) is 1. The number of benzene rings is 1. The fraction of sp³-hybridized carbons (Fsp3) is 0.625. The van der Waals surface area contributed by atoms with E-state index in [4.69, 9.17) is 4.74 Å². The SMILES string of the molecule is CCCNC(C)CC(C)Oc1cccc(CC)c1. The molecule has 0 aliphatic rings. The highest BCUT2D eigenvalue weighted by Gasteiger charge is 2.09. The Labute approximate surface area is 112 Å². The van der Waals surface area contributed by atoms with Crippen LogP contribution in [0.2, 0.25) is 0 Å². The van der Waals surface area contributed by atoms with E-state index in [0.29, 0.717) is 6.04 Å². The highest BCUT2D eigenvalue weighted by atomic mass is 16.5. The molecule has 1 aromatic rings. The standard InChI is InChI=1S/C16H27NO/c1-5-10-17-13(3)11-14(4)18-16-9-7-8-15(6-2)12-16/h7-9,12-14,17H,5-6,10-11H2,1-4H3. The summed E-state index contributed by atoms with van der Waals surface area (Å²) in [6.45, 7) is 9.80. The normalized spacial score (nSPS) is 14.2. The largest absolute Gasteiger partial charge is 0.491 e. The van der Waals surface area contributed by atoms with Crippen molar-refractivity contribution in [3.05, 3.63) is 29.8 Å². The number of aryl methyl sites for hydroxylation is 1. The quantitative estimate of drug-likeness (QED) is 0.756. The van der Waals surface area contributed by atoms with Gasteiger partial charge < -0.3 is 10.1 Å². The van der Waals surface area contributed by atoms with Crippen LogP contribution in [0.15, 0.2) is 24.3 Å². The van der Waals surface area contributed by atoms with Gasteiger partial charge in [-0.3, -0.25) is 0 Å². The first-order chi connectivity index (χ1) is 8.65. The van der Waals surface area contributed by atoms with Crippen molar-refractivity contribution in [3.63, 3.8) is 0 Å². The molecule has 0 saturated carbocycles. The van der Waals surface area contributed by atoms with Crippen molar-refractivity contribution >= 4 is 0 Å². The zero-order valence-corrected chi connectivity index (χ0v) is 12.2. The smallest absolute Gasteiger partial charge is 0.119 e. The summed E-state index contributed by atoms with van der Waals surface area (Å²) in [5.41, 5.74) is 1.33. The van der Waals surface area contributed by atoms with Gasteiger partial charge in [-0.1, -0.05) is 26.0 Å². The minimum Gasteiger partial charge on any atom is -0.491 e. The third-order valence-electron chi connectivity index (χ3n) is 3.07. The minimum absolute atomic E-state index is 0.247. The summed E-state index contributed by atoms with van der Waals surface area (Å²) in [5, 5.41) is 3.49. The maximum absolute atomic E-state index is 5.97. The molecule has 1 N–H and O–H groups in total. The molecule has 2 nitrogen and oxygen atoms in total. The van der Waals surface area contributed by atoms with E-state index in [1.807, 2.05) is 6.07 Å². The molecule has 0 aliphatic heterocycles. The van der Waals surface area contributed by atoms with Crippen LogP contribution >= 0.6 is 0 Å². The Morgan fingerprint density at radius 1 is 1.22 bits per heavy atom. The summed E-state index contributed by atoms with van der Waals surface area (Å²) in [6.07, 6.45) is 3.52. The molecule has 1 aromatic carbocycles. The van der Waals surface area contributed by atoms with E-state index in [1.54, 1.807) is 0 Å². The van der Waals surface area contributed by atoms with Crippen molar-refractivity contribution in [2.45, 2.75) is 59.1 Å². The van der Waals surface area contributed by atoms with Gasteiger partial charge in [-0.05, 0) is 57.4 Å². The van der Waals surface area contributed by atoms with Crippen molar-refractivity contribution in [1.29, 1.82) is 0 Å². The molecule has 2 atom stereocenters. The highest BCUT2D eigenvalue weighted by molar-refractivity contribution is 5.28. The minimum atomic E-state index is 0.247. The van der Waals surface area contributed by atoms with Crippen LogP contribution in [0, 0.1) is 0 Å². The van der Waals surface area contributed by atoms with Crippen LogP contribution in [0.25, 0.3) is 0 Å². The van der Waals surface area contributed by atoms with Gasteiger partial charge in [0.2, 0.25) is 0 Å². The molecule has 0 radical (unpaired) electrons. The van der Waals surface area contributed by atoms with E-state index in [0.717, 1.165) is 25.1 Å². The van der Waals surface area contributed by atoms with Crippen LogP contribution in [0.3, 0.4) is 0 Å². The molecule has 0 bridgehead atoms. The number of ether oxygens (including phenoxy) is 1. The van der Waals surface area contributed by atoms with Gasteiger partial charge in [-0.25, -0.2) is 0 Å². The molecular formula is C16H27NO. The third kappa shape index (κ3) is 5.54. The van der Waals surface area contributed by atoms with Gasteiger partial charge in [0.1, 0.15) is 5.75 Å². The van der Waals surface area contributed by atoms with E-state index >= 15 is 0 Å². The van der Waals surface area contributed by atoms with Crippen molar-refractivity contribution < 1.29 is 4.74 Å². The summed E-state index contributed by atoms with van der Waals surface area (Å²) in [4.78, 5) is 0. The average Bonchev–Trinajstić information content (AvgIpc) is 2.36. The first kappa shape index (κ1) is 15.0. The van der Waals surface area contributed by atoms with E-state index in [9.17, 15) is 0 Å². The Hall–Kier alpha value is -1.02. The monoisotopic (exact) mass is 249 g/mol. The molecule has 0 amide bonds. The lowest BCUT2D eigenvalue weighted by molar-refractivity contribution is 0.196. The predicted octanol–water partition coefficient (Wildman–Crippen LogP) is 3.79. The van der Waals surface area contributed by atoms with Gasteiger partial charge in [0.15, 0.2) is 0 Å². The fourth-order valence-electron chi connectivity index (χ4n) is 2.09. The Bertz CT molecular complexity index is 338. The fourth-order valence-corrected chi connectivity index (χ4v) is 2.09. The zero-order chi connectivity index (χ0) is 13.4. The molecule has 18 heavy (non-hydrogen) atoms. The molecular weight excluding hydrogens is 222 g/mol. The first-order valence-electron chi connectivity index (χ1n) is 7.14. The van der Waals surface area contributed by atoms with E-state index < -0.39 is 0 Å². The van der Waals surface area contributed by atoms with Crippen molar-refractivity contribution in [2.75, 3.05) is 6.54 Å². The number of rotatable bonds is 8. The molecule has 102 valence electrons. The molecule has 0 spiro atoms. The first-order valence-corrected chi connectivity index (χ1v) is 7.14. The Morgan fingerprint density at radius 3 is 2.67 bits per heavy atom. The van der Waals surface area contributed by atoms with Gasteiger partial charge in [0.25, 0.3) is 0 Å². The molecule has 2 heteroatoms. The second-order valence-corrected chi connectivity index (χ2v) is 5.02. The van der Waals surface area contributed by atoms with Gasteiger partial charge in [-0.2, -0.15) is 0 Å². The lowest BCUT2D eigenvalue weighted by atomic mass is 10.1. The average molecular weight is 249 g/mol. The van der Waals surface area contributed by atoms with Crippen LogP contribution in [0.4, 0.5) is 0 Å². The van der Waals surface area contributed by atoms with Crippen LogP contribution in [0.5, 0.6) is 5.75 Å². The van der Waals surface area contributed by atoms with Gasteiger partial charge in [0, 0.05) is 6.04 Å². The molecule has 0 saturated heterocycles. The van der Waals surface area contributed by atoms with E-state index in [-0.39, 0.29) is 6.10 Å². The van der Waals surface area contributed by atoms with Gasteiger partial charge in [-0.15, -0.1) is 0 Å². The second-order valence-electron chi connectivity index (χ2n) is 5.02. The summed E-state index contributed by atoms with van der Waals surface area (Å²) in [7, 11) is 0. The Balaban J connectivity index is 2.40. The molecule has 2 unspecified atom stereocenters. The molecule has 0 fully saturated rings. The number of hydrogen-bond acceptors (Lipinski definition) is 2. The molecule has 1 rings (SSSR count). The summed E-state index contributed by atoms with van der Waals surface area (Å²) < 4.78 is 5.97. The maximum atomic E-state index is 5.97. The Kier molecular flexibility index (Phi) is 6.81. The van der Waals surface area contributed by atoms with E-state index in [2.05, 4.69) is 51.2 Å². The third-order valence-corrected chi connectivity index (χ3v) is 3.07. The summed E-state index contributed by atoms with van der Waals surface area (Å²) in [5.74, 6) is 0.990. The van der Waals surface area contributed by atoms with Gasteiger partial charge in [0.05, 0.1) is 6.10 Å². The van der Waals surface area contributed by atoms with Crippen molar-refractivity contribution in [1.82, 2.24) is 5.32 Å². The van der Waals surface area contributed by atoms with Crippen LogP contribution in [-0.4, -0.2) is 18.7 Å². The maximum Gasteiger partial charge on any atom is 0.119 e. The second kappa shape index (κ2) is 8.15. The number of nitrogens with one attached hydrogen (secondary N) is 1. The lowest BCUT2D eigenvalue weighted by Gasteiger charge is -2.20. The summed E-state index contributed by atoms with van der Waals surface area (Å²) in [6, 6.07) is 8.90. The van der Waals surface area contributed by atoms with Gasteiger partial charge >= 0.3 is 0 Å². The molecule has 0 aromatic heterocycles. The molecule has 0 heterocycles. The van der Waals surface area contributed by atoms with Crippen molar-refractivity contribution in [2.24, 2.45) is 0 Å².